The Morgan fingerprint density at radius 2 is 1.73 bits per heavy atom. The number of rotatable bonds is 3. The van der Waals surface area contributed by atoms with Crippen molar-refractivity contribution in [1.82, 2.24) is 9.78 Å². The van der Waals surface area contributed by atoms with Crippen molar-refractivity contribution in [3.63, 3.8) is 0 Å². The van der Waals surface area contributed by atoms with Crippen LogP contribution in [0.5, 0.6) is 0 Å². The highest BCUT2D eigenvalue weighted by molar-refractivity contribution is 5.89. The molecule has 0 amide bonds. The van der Waals surface area contributed by atoms with Gasteiger partial charge >= 0.3 is 0 Å². The van der Waals surface area contributed by atoms with Gasteiger partial charge in [-0.05, 0) is 43.2 Å². The van der Waals surface area contributed by atoms with Crippen LogP contribution >= 0.6 is 0 Å². The number of morpholine rings is 1. The quantitative estimate of drug-likeness (QED) is 0.653. The minimum atomic E-state index is -0.187. The van der Waals surface area contributed by atoms with E-state index in [9.17, 15) is 4.79 Å². The van der Waals surface area contributed by atoms with Crippen LogP contribution in [0, 0.1) is 12.8 Å². The van der Waals surface area contributed by atoms with Crippen molar-refractivity contribution in [3.8, 4) is 5.69 Å². The molecule has 0 radical (unpaired) electrons. The van der Waals surface area contributed by atoms with Gasteiger partial charge in [0.25, 0.3) is 0 Å². The fourth-order valence-electron chi connectivity index (χ4n) is 5.48. The van der Waals surface area contributed by atoms with E-state index in [1.807, 2.05) is 22.9 Å². The van der Waals surface area contributed by atoms with E-state index in [1.165, 1.54) is 5.69 Å². The Hall–Kier alpha value is -3.38. The lowest BCUT2D eigenvalue weighted by molar-refractivity contribution is -0.122. The molecule has 33 heavy (non-hydrogen) atoms. The van der Waals surface area contributed by atoms with Crippen LogP contribution in [0.2, 0.25) is 0 Å². The second-order valence-corrected chi connectivity index (χ2v) is 9.03. The maximum absolute atomic E-state index is 13.2. The summed E-state index contributed by atoms with van der Waals surface area (Å²) in [5.41, 5.74) is 6.47. The van der Waals surface area contributed by atoms with Crippen LogP contribution in [-0.2, 0) is 9.53 Å². The van der Waals surface area contributed by atoms with Crippen molar-refractivity contribution in [2.24, 2.45) is 5.92 Å². The number of para-hydroxylation sites is 1. The van der Waals surface area contributed by atoms with E-state index in [2.05, 4.69) is 59.6 Å². The molecule has 0 bridgehead atoms. The molecule has 3 aliphatic rings. The SMILES string of the molecule is Cc1nn(-c2ccccc2)c2c1[C@@H](c1ccc(N3CCOCC3)cc1)[C@@H]1C(=O)CCC=C1N2. The molecule has 1 saturated heterocycles. The summed E-state index contributed by atoms with van der Waals surface area (Å²) < 4.78 is 7.48. The van der Waals surface area contributed by atoms with Crippen LogP contribution in [0.4, 0.5) is 11.5 Å². The smallest absolute Gasteiger partial charge is 0.143 e. The molecule has 2 aliphatic heterocycles. The Morgan fingerprint density at radius 3 is 2.48 bits per heavy atom. The zero-order chi connectivity index (χ0) is 22.4. The molecular weight excluding hydrogens is 412 g/mol. The van der Waals surface area contributed by atoms with Crippen molar-refractivity contribution in [2.45, 2.75) is 25.7 Å². The molecule has 1 N–H and O–H groups in total. The Morgan fingerprint density at radius 1 is 0.970 bits per heavy atom. The average Bonchev–Trinajstić information content (AvgIpc) is 3.20. The molecule has 6 heteroatoms. The number of Topliss-reactive ketones (excluding diaryl/α,β-unsaturated/α-hetero) is 1. The van der Waals surface area contributed by atoms with Crippen LogP contribution in [0.3, 0.4) is 0 Å². The molecule has 1 aliphatic carbocycles. The third-order valence-electron chi connectivity index (χ3n) is 7.08. The molecule has 3 heterocycles. The number of aromatic nitrogens is 2. The molecule has 1 aromatic heterocycles. The maximum atomic E-state index is 13.2. The number of nitrogens with zero attached hydrogens (tertiary/aromatic N) is 3. The lowest BCUT2D eigenvalue weighted by atomic mass is 9.71. The number of ketones is 1. The summed E-state index contributed by atoms with van der Waals surface area (Å²) in [4.78, 5) is 15.6. The lowest BCUT2D eigenvalue weighted by Crippen LogP contribution is -2.36. The first-order valence-electron chi connectivity index (χ1n) is 11.8. The summed E-state index contributed by atoms with van der Waals surface area (Å²) in [5, 5.41) is 8.50. The summed E-state index contributed by atoms with van der Waals surface area (Å²) in [6, 6.07) is 19.0. The summed E-state index contributed by atoms with van der Waals surface area (Å²) in [7, 11) is 0. The molecule has 6 rings (SSSR count). The van der Waals surface area contributed by atoms with E-state index >= 15 is 0 Å². The molecule has 6 nitrogen and oxygen atoms in total. The molecule has 3 aromatic rings. The van der Waals surface area contributed by atoms with E-state index in [0.29, 0.717) is 12.2 Å². The number of ether oxygens (including phenoxy) is 1. The molecule has 2 atom stereocenters. The van der Waals surface area contributed by atoms with Gasteiger partial charge in [-0.25, -0.2) is 4.68 Å². The summed E-state index contributed by atoms with van der Waals surface area (Å²) in [6.07, 6.45) is 3.58. The number of benzene rings is 2. The molecule has 0 spiro atoms. The molecule has 1 fully saturated rings. The van der Waals surface area contributed by atoms with Crippen LogP contribution in [0.15, 0.2) is 66.4 Å². The van der Waals surface area contributed by atoms with Gasteiger partial charge in [0.15, 0.2) is 0 Å². The Balaban J connectivity index is 1.46. The molecule has 168 valence electrons. The summed E-state index contributed by atoms with van der Waals surface area (Å²) in [6.45, 7) is 5.41. The number of carbonyl (C=O) groups is 1. The fraction of sp³-hybridized carbons (Fsp3) is 0.333. The number of carbonyl (C=O) groups excluding carboxylic acids is 1. The van der Waals surface area contributed by atoms with Gasteiger partial charge in [0.2, 0.25) is 0 Å². The molecular formula is C27H28N4O2. The van der Waals surface area contributed by atoms with E-state index in [-0.39, 0.29) is 11.8 Å². The van der Waals surface area contributed by atoms with Crippen LogP contribution < -0.4 is 10.2 Å². The number of nitrogens with one attached hydrogen (secondary N) is 1. The largest absolute Gasteiger partial charge is 0.378 e. The van der Waals surface area contributed by atoms with E-state index < -0.39 is 0 Å². The molecule has 0 unspecified atom stereocenters. The van der Waals surface area contributed by atoms with Gasteiger partial charge in [-0.3, -0.25) is 4.79 Å². The number of aryl methyl sites for hydroxylation is 1. The molecule has 0 saturated carbocycles. The van der Waals surface area contributed by atoms with Gasteiger partial charge < -0.3 is 15.0 Å². The highest BCUT2D eigenvalue weighted by atomic mass is 16.5. The van der Waals surface area contributed by atoms with Gasteiger partial charge in [0, 0.05) is 42.4 Å². The van der Waals surface area contributed by atoms with Gasteiger partial charge in [0.05, 0.1) is 30.5 Å². The first-order chi connectivity index (χ1) is 16.2. The zero-order valence-corrected chi connectivity index (χ0v) is 18.8. The van der Waals surface area contributed by atoms with Gasteiger partial charge in [0.1, 0.15) is 11.6 Å². The fourth-order valence-corrected chi connectivity index (χ4v) is 5.48. The first kappa shape index (κ1) is 20.2. The Kier molecular flexibility index (Phi) is 5.03. The van der Waals surface area contributed by atoms with E-state index in [0.717, 1.165) is 66.7 Å². The third kappa shape index (κ3) is 3.45. The highest BCUT2D eigenvalue weighted by Gasteiger charge is 2.43. The zero-order valence-electron chi connectivity index (χ0n) is 18.8. The number of hydrogen-bond acceptors (Lipinski definition) is 5. The van der Waals surface area contributed by atoms with Crippen LogP contribution in [0.25, 0.3) is 5.69 Å². The maximum Gasteiger partial charge on any atom is 0.143 e. The standard InChI is InChI=1S/C27H28N4O2/c1-18-24-25(19-10-12-20(13-11-19)30-14-16-33-17-15-30)26-22(8-5-9-23(26)32)28-27(24)31(29-18)21-6-3-2-4-7-21/h2-4,6-8,10-13,25-26,28H,5,9,14-17H2,1H3/t25-,26+/m1/s1. The predicted octanol–water partition coefficient (Wildman–Crippen LogP) is 4.44. The van der Waals surface area contributed by atoms with Crippen molar-refractivity contribution >= 4 is 17.3 Å². The Labute approximate surface area is 193 Å². The van der Waals surface area contributed by atoms with Crippen molar-refractivity contribution in [2.75, 3.05) is 36.5 Å². The number of hydrogen-bond donors (Lipinski definition) is 1. The topological polar surface area (TPSA) is 59.4 Å². The highest BCUT2D eigenvalue weighted by Crippen LogP contribution is 2.48. The predicted molar refractivity (Wildman–Crippen MR) is 129 cm³/mol. The van der Waals surface area contributed by atoms with Crippen LogP contribution in [0.1, 0.15) is 35.6 Å². The lowest BCUT2D eigenvalue weighted by Gasteiger charge is -2.37. The second kappa shape index (κ2) is 8.19. The minimum Gasteiger partial charge on any atom is -0.378 e. The monoisotopic (exact) mass is 440 g/mol. The van der Waals surface area contributed by atoms with Gasteiger partial charge in [-0.1, -0.05) is 36.4 Å². The Bertz CT molecular complexity index is 1210. The van der Waals surface area contributed by atoms with Gasteiger partial charge in [-0.2, -0.15) is 5.10 Å². The van der Waals surface area contributed by atoms with Crippen molar-refractivity contribution in [1.29, 1.82) is 0 Å². The summed E-state index contributed by atoms with van der Waals surface area (Å²) >= 11 is 0. The summed E-state index contributed by atoms with van der Waals surface area (Å²) in [5.74, 6) is 1.04. The van der Waals surface area contributed by atoms with Crippen molar-refractivity contribution < 1.29 is 9.53 Å². The van der Waals surface area contributed by atoms with Crippen molar-refractivity contribution in [3.05, 3.63) is 83.2 Å². The molecule has 2 aromatic carbocycles. The second-order valence-electron chi connectivity index (χ2n) is 9.03. The average molecular weight is 441 g/mol. The first-order valence-corrected chi connectivity index (χ1v) is 11.8. The number of fused-ring (bicyclic) bond motifs is 2. The van der Waals surface area contributed by atoms with Gasteiger partial charge in [-0.15, -0.1) is 0 Å². The minimum absolute atomic E-state index is 0.0449. The third-order valence-corrected chi connectivity index (χ3v) is 7.08. The van der Waals surface area contributed by atoms with E-state index in [4.69, 9.17) is 9.84 Å². The van der Waals surface area contributed by atoms with E-state index in [1.54, 1.807) is 0 Å². The number of allylic oxidation sites excluding steroid dienone is 2. The van der Waals surface area contributed by atoms with Crippen LogP contribution in [-0.4, -0.2) is 41.9 Å². The number of anilines is 2. The normalized spacial score (nSPS) is 22.3.